The van der Waals surface area contributed by atoms with E-state index in [1.807, 2.05) is 4.90 Å². The molecule has 4 nitrogen and oxygen atoms in total. The first kappa shape index (κ1) is 13.9. The van der Waals surface area contributed by atoms with Crippen molar-refractivity contribution in [2.75, 3.05) is 26.2 Å². The Morgan fingerprint density at radius 1 is 1.00 bits per heavy atom. The predicted molar refractivity (Wildman–Crippen MR) is 76.9 cm³/mol. The van der Waals surface area contributed by atoms with Crippen molar-refractivity contribution in [1.82, 2.24) is 9.80 Å². The summed E-state index contributed by atoms with van der Waals surface area (Å²) in [7, 11) is 0. The molecule has 0 atom stereocenters. The summed E-state index contributed by atoms with van der Waals surface area (Å²) < 4.78 is 0. The molecule has 4 heteroatoms. The van der Waals surface area contributed by atoms with Crippen LogP contribution < -0.4 is 0 Å². The second-order valence-electron chi connectivity index (χ2n) is 6.67. The quantitative estimate of drug-likeness (QED) is 0.776. The maximum atomic E-state index is 12.5. The summed E-state index contributed by atoms with van der Waals surface area (Å²) in [5.74, 6) is 0.114. The third kappa shape index (κ3) is 2.44. The van der Waals surface area contributed by atoms with Gasteiger partial charge in [0.05, 0.1) is 6.07 Å². The molecule has 0 bridgehead atoms. The number of piperidine rings is 2. The highest BCUT2D eigenvalue weighted by Crippen LogP contribution is 2.42. The highest BCUT2D eigenvalue weighted by atomic mass is 16.2. The molecule has 110 valence electrons. The summed E-state index contributed by atoms with van der Waals surface area (Å²) in [4.78, 5) is 17.1. The van der Waals surface area contributed by atoms with Crippen LogP contribution in [-0.2, 0) is 4.79 Å². The van der Waals surface area contributed by atoms with Crippen LogP contribution in [0.2, 0.25) is 0 Å². The van der Waals surface area contributed by atoms with E-state index in [2.05, 4.69) is 11.0 Å². The molecule has 2 aliphatic heterocycles. The van der Waals surface area contributed by atoms with Gasteiger partial charge in [0.1, 0.15) is 5.41 Å². The zero-order valence-corrected chi connectivity index (χ0v) is 12.3. The molecule has 2 heterocycles. The molecule has 0 N–H and O–H groups in total. The van der Waals surface area contributed by atoms with Gasteiger partial charge in [-0.2, -0.15) is 5.26 Å². The van der Waals surface area contributed by atoms with Crippen LogP contribution >= 0.6 is 0 Å². The van der Waals surface area contributed by atoms with Crippen LogP contribution in [0, 0.1) is 16.7 Å². The fourth-order valence-corrected chi connectivity index (χ4v) is 3.92. The van der Waals surface area contributed by atoms with Crippen LogP contribution in [0.4, 0.5) is 0 Å². The fourth-order valence-electron chi connectivity index (χ4n) is 3.92. The van der Waals surface area contributed by atoms with Gasteiger partial charge in [0.2, 0.25) is 5.91 Å². The summed E-state index contributed by atoms with van der Waals surface area (Å²) in [5.41, 5.74) is -0.655. The Bertz CT molecular complexity index is 396. The molecule has 0 aromatic carbocycles. The van der Waals surface area contributed by atoms with Gasteiger partial charge < -0.3 is 9.80 Å². The van der Waals surface area contributed by atoms with Crippen LogP contribution in [0.25, 0.3) is 0 Å². The number of hydrogen-bond acceptors (Lipinski definition) is 3. The summed E-state index contributed by atoms with van der Waals surface area (Å²) in [6.45, 7) is 4.17. The Labute approximate surface area is 121 Å². The van der Waals surface area contributed by atoms with Gasteiger partial charge in [-0.1, -0.05) is 6.42 Å². The van der Waals surface area contributed by atoms with Gasteiger partial charge in [-0.25, -0.2) is 0 Å². The van der Waals surface area contributed by atoms with E-state index in [1.54, 1.807) is 0 Å². The average Bonchev–Trinajstić information content (AvgIpc) is 2.48. The first-order valence-corrected chi connectivity index (χ1v) is 8.20. The van der Waals surface area contributed by atoms with Crippen LogP contribution in [0.15, 0.2) is 0 Å². The molecule has 0 aromatic rings. The Morgan fingerprint density at radius 3 is 2.15 bits per heavy atom. The van der Waals surface area contributed by atoms with E-state index >= 15 is 0 Å². The highest BCUT2D eigenvalue weighted by molar-refractivity contribution is 5.86. The van der Waals surface area contributed by atoms with Crippen LogP contribution in [0.5, 0.6) is 0 Å². The monoisotopic (exact) mass is 275 g/mol. The number of nitrogens with zero attached hydrogens (tertiary/aromatic N) is 3. The molecule has 3 rings (SSSR count). The largest absolute Gasteiger partial charge is 0.341 e. The van der Waals surface area contributed by atoms with Gasteiger partial charge in [0.15, 0.2) is 0 Å². The molecule has 3 aliphatic rings. The Morgan fingerprint density at radius 2 is 1.65 bits per heavy atom. The van der Waals surface area contributed by atoms with Crippen molar-refractivity contribution in [3.8, 4) is 6.07 Å². The number of nitriles is 1. The molecule has 0 aromatic heterocycles. The average molecular weight is 275 g/mol. The smallest absolute Gasteiger partial charge is 0.243 e. The normalized spacial score (nSPS) is 27.6. The summed E-state index contributed by atoms with van der Waals surface area (Å²) >= 11 is 0. The molecular weight excluding hydrogens is 250 g/mol. The predicted octanol–water partition coefficient (Wildman–Crippen LogP) is 2.16. The van der Waals surface area contributed by atoms with Gasteiger partial charge in [-0.05, 0) is 58.0 Å². The minimum absolute atomic E-state index is 0.114. The Kier molecular flexibility index (Phi) is 3.98. The summed E-state index contributed by atoms with van der Waals surface area (Å²) in [5, 5.41) is 9.29. The van der Waals surface area contributed by atoms with Crippen molar-refractivity contribution in [3.63, 3.8) is 0 Å². The highest BCUT2D eigenvalue weighted by Gasteiger charge is 2.47. The zero-order chi connectivity index (χ0) is 14.0. The number of likely N-dealkylation sites (tertiary alicyclic amines) is 2. The van der Waals surface area contributed by atoms with Crippen molar-refractivity contribution < 1.29 is 4.79 Å². The second kappa shape index (κ2) is 5.73. The van der Waals surface area contributed by atoms with E-state index in [0.717, 1.165) is 45.2 Å². The van der Waals surface area contributed by atoms with Gasteiger partial charge in [-0.15, -0.1) is 0 Å². The maximum Gasteiger partial charge on any atom is 0.243 e. The van der Waals surface area contributed by atoms with Crippen molar-refractivity contribution >= 4 is 5.91 Å². The number of rotatable bonds is 2. The van der Waals surface area contributed by atoms with Gasteiger partial charge >= 0.3 is 0 Å². The van der Waals surface area contributed by atoms with E-state index in [0.29, 0.717) is 6.04 Å². The number of amides is 1. The summed E-state index contributed by atoms with van der Waals surface area (Å²) in [6.07, 6.45) is 8.79. The minimum Gasteiger partial charge on any atom is -0.341 e. The van der Waals surface area contributed by atoms with Gasteiger partial charge in [0, 0.05) is 19.1 Å². The Balaban J connectivity index is 1.53. The molecule has 1 saturated carbocycles. The molecule has 1 amide bonds. The van der Waals surface area contributed by atoms with Crippen molar-refractivity contribution in [1.29, 1.82) is 5.26 Å². The molecule has 20 heavy (non-hydrogen) atoms. The lowest BCUT2D eigenvalue weighted by Gasteiger charge is -2.43. The molecule has 2 saturated heterocycles. The molecule has 1 aliphatic carbocycles. The minimum atomic E-state index is -0.655. The molecule has 0 unspecified atom stereocenters. The molecule has 0 spiro atoms. The van der Waals surface area contributed by atoms with Crippen molar-refractivity contribution in [2.24, 2.45) is 5.41 Å². The number of carbonyl (C=O) groups is 1. The summed E-state index contributed by atoms with van der Waals surface area (Å²) in [6, 6.07) is 2.95. The first-order chi connectivity index (χ1) is 9.75. The zero-order valence-electron chi connectivity index (χ0n) is 12.3. The molecular formula is C16H25N3O. The van der Waals surface area contributed by atoms with E-state index in [-0.39, 0.29) is 5.91 Å². The lowest BCUT2D eigenvalue weighted by Crippen LogP contribution is -2.53. The SMILES string of the molecule is N#CC1(C(=O)N2CCC(N3CCCCC3)CC2)CCC1. The third-order valence-corrected chi connectivity index (χ3v) is 5.49. The van der Waals surface area contributed by atoms with Crippen LogP contribution in [0.1, 0.15) is 51.4 Å². The number of hydrogen-bond donors (Lipinski definition) is 0. The second-order valence-corrected chi connectivity index (χ2v) is 6.67. The van der Waals surface area contributed by atoms with E-state index in [4.69, 9.17) is 0 Å². The van der Waals surface area contributed by atoms with Crippen molar-refractivity contribution in [3.05, 3.63) is 0 Å². The van der Waals surface area contributed by atoms with E-state index in [1.165, 1.54) is 32.4 Å². The molecule has 3 fully saturated rings. The third-order valence-electron chi connectivity index (χ3n) is 5.49. The fraction of sp³-hybridized carbons (Fsp3) is 0.875. The van der Waals surface area contributed by atoms with Gasteiger partial charge in [0.25, 0.3) is 0 Å². The Hall–Kier alpha value is -1.08. The lowest BCUT2D eigenvalue weighted by molar-refractivity contribution is -0.144. The lowest BCUT2D eigenvalue weighted by atomic mass is 9.69. The van der Waals surface area contributed by atoms with E-state index in [9.17, 15) is 10.1 Å². The topological polar surface area (TPSA) is 47.3 Å². The van der Waals surface area contributed by atoms with Crippen molar-refractivity contribution in [2.45, 2.75) is 57.4 Å². The van der Waals surface area contributed by atoms with Gasteiger partial charge in [-0.3, -0.25) is 4.79 Å². The van der Waals surface area contributed by atoms with Crippen LogP contribution in [-0.4, -0.2) is 47.9 Å². The van der Waals surface area contributed by atoms with E-state index < -0.39 is 5.41 Å². The first-order valence-electron chi connectivity index (χ1n) is 8.20. The maximum absolute atomic E-state index is 12.5. The number of carbonyl (C=O) groups excluding carboxylic acids is 1. The molecule has 0 radical (unpaired) electrons. The standard InChI is InChI=1S/C16H25N3O/c17-13-16(7-4-8-16)15(20)19-11-5-14(6-12-19)18-9-2-1-3-10-18/h14H,1-12H2. The van der Waals surface area contributed by atoms with Crippen LogP contribution in [0.3, 0.4) is 0 Å².